The summed E-state index contributed by atoms with van der Waals surface area (Å²) >= 11 is 1.44. The summed E-state index contributed by atoms with van der Waals surface area (Å²) in [6.45, 7) is -0.631. The van der Waals surface area contributed by atoms with E-state index < -0.39 is 18.5 Å². The number of ether oxygens (including phenoxy) is 1. The maximum Gasteiger partial charge on any atom is 0.326 e. The second kappa shape index (κ2) is 8.79. The number of anilines is 3. The molecule has 0 bridgehead atoms. The molecular weight excluding hydrogens is 378 g/mol. The lowest BCUT2D eigenvalue weighted by Crippen LogP contribution is -2.40. The van der Waals surface area contributed by atoms with Crippen LogP contribution in [0.15, 0.2) is 53.4 Å². The second-order valence-electron chi connectivity index (χ2n) is 6.39. The Labute approximate surface area is 167 Å². The lowest BCUT2D eigenvalue weighted by atomic mass is 10.2. The summed E-state index contributed by atoms with van der Waals surface area (Å²) in [5.41, 5.74) is 2.31. The number of hydrogen-bond acceptors (Lipinski definition) is 6. The summed E-state index contributed by atoms with van der Waals surface area (Å²) in [7, 11) is 3.86. The summed E-state index contributed by atoms with van der Waals surface area (Å²) in [5.74, 6) is -0.959. The SMILES string of the molecule is CN(C)c1ccc(NC(=O)COC(=O)CN2C(=O)CSc3ccccc32)cc1. The number of hydrogen-bond donors (Lipinski definition) is 1. The Hall–Kier alpha value is -3.00. The van der Waals surface area contributed by atoms with Gasteiger partial charge in [0.05, 0.1) is 11.4 Å². The van der Waals surface area contributed by atoms with Crippen molar-refractivity contribution in [3.63, 3.8) is 0 Å². The van der Waals surface area contributed by atoms with Crippen LogP contribution in [-0.4, -0.2) is 50.8 Å². The number of carbonyl (C=O) groups excluding carboxylic acids is 3. The van der Waals surface area contributed by atoms with E-state index in [1.54, 1.807) is 18.2 Å². The predicted molar refractivity (Wildman–Crippen MR) is 110 cm³/mol. The largest absolute Gasteiger partial charge is 0.454 e. The van der Waals surface area contributed by atoms with Crippen LogP contribution in [0, 0.1) is 0 Å². The van der Waals surface area contributed by atoms with Gasteiger partial charge in [0.1, 0.15) is 6.54 Å². The maximum absolute atomic E-state index is 12.2. The van der Waals surface area contributed by atoms with Crippen molar-refractivity contribution in [2.24, 2.45) is 0 Å². The lowest BCUT2D eigenvalue weighted by Gasteiger charge is -2.27. The minimum atomic E-state index is -0.631. The van der Waals surface area contributed by atoms with Gasteiger partial charge in [0.25, 0.3) is 5.91 Å². The number of amides is 2. The number of para-hydroxylation sites is 1. The minimum Gasteiger partial charge on any atom is -0.454 e. The monoisotopic (exact) mass is 399 g/mol. The number of rotatable bonds is 6. The number of thioether (sulfide) groups is 1. The van der Waals surface area contributed by atoms with Gasteiger partial charge in [-0.25, -0.2) is 0 Å². The molecule has 3 rings (SSSR count). The third kappa shape index (κ3) is 4.83. The molecule has 0 atom stereocenters. The van der Waals surface area contributed by atoms with Crippen molar-refractivity contribution < 1.29 is 19.1 Å². The number of carbonyl (C=O) groups is 3. The highest BCUT2D eigenvalue weighted by Gasteiger charge is 2.26. The Kier molecular flexibility index (Phi) is 6.20. The second-order valence-corrected chi connectivity index (χ2v) is 7.40. The number of benzene rings is 2. The first-order valence-electron chi connectivity index (χ1n) is 8.69. The zero-order valence-corrected chi connectivity index (χ0v) is 16.5. The molecule has 0 aliphatic carbocycles. The maximum atomic E-state index is 12.2. The highest BCUT2D eigenvalue weighted by Crippen LogP contribution is 2.34. The van der Waals surface area contributed by atoms with Crippen molar-refractivity contribution in [3.8, 4) is 0 Å². The molecule has 1 aliphatic rings. The number of nitrogens with zero attached hydrogens (tertiary/aromatic N) is 2. The van der Waals surface area contributed by atoms with Gasteiger partial charge in [-0.3, -0.25) is 19.3 Å². The van der Waals surface area contributed by atoms with Crippen LogP contribution in [0.1, 0.15) is 0 Å². The summed E-state index contributed by atoms with van der Waals surface area (Å²) in [4.78, 5) is 40.6. The highest BCUT2D eigenvalue weighted by molar-refractivity contribution is 8.00. The van der Waals surface area contributed by atoms with E-state index in [2.05, 4.69) is 5.32 Å². The lowest BCUT2D eigenvalue weighted by molar-refractivity contribution is -0.146. The molecule has 8 heteroatoms. The minimum absolute atomic E-state index is 0.161. The molecule has 0 aromatic heterocycles. The van der Waals surface area contributed by atoms with Gasteiger partial charge in [0.2, 0.25) is 5.91 Å². The van der Waals surface area contributed by atoms with Crippen LogP contribution < -0.4 is 15.1 Å². The number of fused-ring (bicyclic) bond motifs is 1. The van der Waals surface area contributed by atoms with Gasteiger partial charge >= 0.3 is 5.97 Å². The first-order valence-corrected chi connectivity index (χ1v) is 9.67. The smallest absolute Gasteiger partial charge is 0.326 e. The van der Waals surface area contributed by atoms with Crippen molar-refractivity contribution in [3.05, 3.63) is 48.5 Å². The zero-order valence-electron chi connectivity index (χ0n) is 15.7. The Bertz CT molecular complexity index is 883. The van der Waals surface area contributed by atoms with Crippen LogP contribution in [0.2, 0.25) is 0 Å². The van der Waals surface area contributed by atoms with Gasteiger partial charge in [-0.05, 0) is 36.4 Å². The first kappa shape index (κ1) is 19.8. The van der Waals surface area contributed by atoms with Crippen molar-refractivity contribution in [2.75, 3.05) is 48.1 Å². The first-order chi connectivity index (χ1) is 13.4. The molecule has 146 valence electrons. The van der Waals surface area contributed by atoms with E-state index in [1.165, 1.54) is 16.7 Å². The number of esters is 1. The fraction of sp³-hybridized carbons (Fsp3) is 0.250. The van der Waals surface area contributed by atoms with Crippen molar-refractivity contribution in [1.82, 2.24) is 0 Å². The van der Waals surface area contributed by atoms with Crippen molar-refractivity contribution in [1.29, 1.82) is 0 Å². The van der Waals surface area contributed by atoms with Gasteiger partial charge in [-0.2, -0.15) is 0 Å². The third-order valence-electron chi connectivity index (χ3n) is 4.13. The predicted octanol–water partition coefficient (Wildman–Crippen LogP) is 2.37. The summed E-state index contributed by atoms with van der Waals surface area (Å²) in [5, 5.41) is 2.67. The van der Waals surface area contributed by atoms with Crippen LogP contribution in [0.4, 0.5) is 17.1 Å². The van der Waals surface area contributed by atoms with Crippen LogP contribution in [0.25, 0.3) is 0 Å². The molecule has 1 aliphatic heterocycles. The molecule has 0 spiro atoms. The molecule has 2 amide bonds. The average Bonchev–Trinajstić information content (AvgIpc) is 2.69. The molecule has 28 heavy (non-hydrogen) atoms. The Morgan fingerprint density at radius 1 is 1.14 bits per heavy atom. The quantitative estimate of drug-likeness (QED) is 0.752. The zero-order chi connectivity index (χ0) is 20.1. The van der Waals surface area contributed by atoms with Crippen LogP contribution >= 0.6 is 11.8 Å². The number of nitrogens with one attached hydrogen (secondary N) is 1. The molecule has 2 aromatic carbocycles. The molecule has 0 fully saturated rings. The molecular formula is C20H21N3O4S. The fourth-order valence-corrected chi connectivity index (χ4v) is 3.62. The normalized spacial score (nSPS) is 12.9. The van der Waals surface area contributed by atoms with Gasteiger partial charge in [0, 0.05) is 30.4 Å². The summed E-state index contributed by atoms with van der Waals surface area (Å²) in [6.07, 6.45) is 0. The third-order valence-corrected chi connectivity index (χ3v) is 5.17. The highest BCUT2D eigenvalue weighted by atomic mass is 32.2. The molecule has 2 aromatic rings. The fourth-order valence-electron chi connectivity index (χ4n) is 2.69. The Morgan fingerprint density at radius 3 is 2.57 bits per heavy atom. The van der Waals surface area contributed by atoms with Gasteiger partial charge in [0.15, 0.2) is 6.61 Å². The Morgan fingerprint density at radius 2 is 1.86 bits per heavy atom. The molecule has 7 nitrogen and oxygen atoms in total. The topological polar surface area (TPSA) is 79.0 Å². The molecule has 0 saturated carbocycles. The van der Waals surface area contributed by atoms with Crippen LogP contribution in [-0.2, 0) is 19.1 Å². The van der Waals surface area contributed by atoms with E-state index in [0.29, 0.717) is 11.4 Å². The summed E-state index contributed by atoms with van der Waals surface area (Å²) in [6, 6.07) is 14.7. The van der Waals surface area contributed by atoms with Gasteiger partial charge in [-0.15, -0.1) is 11.8 Å². The van der Waals surface area contributed by atoms with E-state index in [9.17, 15) is 14.4 Å². The van der Waals surface area contributed by atoms with E-state index in [4.69, 9.17) is 4.74 Å². The van der Waals surface area contributed by atoms with E-state index in [-0.39, 0.29) is 18.2 Å². The molecule has 1 heterocycles. The molecule has 0 radical (unpaired) electrons. The van der Waals surface area contributed by atoms with Crippen molar-refractivity contribution >= 4 is 46.6 Å². The van der Waals surface area contributed by atoms with Crippen molar-refractivity contribution in [2.45, 2.75) is 4.90 Å². The van der Waals surface area contributed by atoms with E-state index >= 15 is 0 Å². The standard InChI is InChI=1S/C20H21N3O4S/c1-22(2)15-9-7-14(8-10-15)21-18(24)12-27-20(26)11-23-16-5-3-4-6-17(16)28-13-19(23)25/h3-10H,11-13H2,1-2H3,(H,21,24). The summed E-state index contributed by atoms with van der Waals surface area (Å²) < 4.78 is 5.04. The van der Waals surface area contributed by atoms with Crippen LogP contribution in [0.3, 0.4) is 0 Å². The van der Waals surface area contributed by atoms with E-state index in [1.807, 2.05) is 49.3 Å². The molecule has 1 N–H and O–H groups in total. The van der Waals surface area contributed by atoms with Gasteiger partial charge < -0.3 is 15.0 Å². The van der Waals surface area contributed by atoms with Crippen LogP contribution in [0.5, 0.6) is 0 Å². The van der Waals surface area contributed by atoms with Gasteiger partial charge in [-0.1, -0.05) is 12.1 Å². The van der Waals surface area contributed by atoms with E-state index in [0.717, 1.165) is 10.6 Å². The average molecular weight is 399 g/mol. The Balaban J connectivity index is 1.51. The molecule has 0 unspecified atom stereocenters. The molecule has 0 saturated heterocycles.